The zero-order valence-corrected chi connectivity index (χ0v) is 10.1. The number of halogens is 2. The second-order valence-corrected chi connectivity index (χ2v) is 4.38. The van der Waals surface area contributed by atoms with Gasteiger partial charge >= 0.3 is 6.03 Å². The number of urea groups is 1. The third-order valence-corrected chi connectivity index (χ3v) is 2.83. The Morgan fingerprint density at radius 1 is 1.32 bits per heavy atom. The van der Waals surface area contributed by atoms with E-state index in [4.69, 9.17) is 5.26 Å². The van der Waals surface area contributed by atoms with Crippen molar-refractivity contribution in [1.82, 2.24) is 4.98 Å². The number of benzene rings is 1. The van der Waals surface area contributed by atoms with Crippen molar-refractivity contribution in [2.45, 2.75) is 0 Å². The summed E-state index contributed by atoms with van der Waals surface area (Å²) in [5.74, 6) is -2.05. The molecule has 0 fully saturated rings. The van der Waals surface area contributed by atoms with Crippen LogP contribution in [0, 0.1) is 23.0 Å². The van der Waals surface area contributed by atoms with Gasteiger partial charge in [-0.2, -0.15) is 5.26 Å². The Morgan fingerprint density at radius 2 is 2.11 bits per heavy atom. The Hall–Kier alpha value is -2.53. The van der Waals surface area contributed by atoms with Gasteiger partial charge in [0.05, 0.1) is 6.20 Å². The predicted molar refractivity (Wildman–Crippen MR) is 65.8 cm³/mol. The summed E-state index contributed by atoms with van der Waals surface area (Å²) < 4.78 is 25.6. The molecule has 19 heavy (non-hydrogen) atoms. The highest BCUT2D eigenvalue weighted by Gasteiger charge is 2.08. The van der Waals surface area contributed by atoms with Crippen LogP contribution in [0.15, 0.2) is 24.4 Å². The van der Waals surface area contributed by atoms with E-state index in [0.717, 1.165) is 23.5 Å². The van der Waals surface area contributed by atoms with Crippen molar-refractivity contribution in [3.8, 4) is 6.07 Å². The molecule has 0 spiro atoms. The van der Waals surface area contributed by atoms with E-state index in [-0.39, 0.29) is 10.8 Å². The fraction of sp³-hybridized carbons (Fsp3) is 0. The molecule has 1 heterocycles. The van der Waals surface area contributed by atoms with Crippen LogP contribution < -0.4 is 10.6 Å². The lowest BCUT2D eigenvalue weighted by atomic mass is 10.3. The minimum absolute atomic E-state index is 0.105. The predicted octanol–water partition coefficient (Wildman–Crippen LogP) is 2.94. The van der Waals surface area contributed by atoms with E-state index in [9.17, 15) is 13.6 Å². The van der Waals surface area contributed by atoms with Gasteiger partial charge in [0.2, 0.25) is 0 Å². The quantitative estimate of drug-likeness (QED) is 0.887. The number of amides is 2. The molecule has 5 nitrogen and oxygen atoms in total. The molecular weight excluding hydrogens is 274 g/mol. The molecule has 1 aromatic carbocycles. The lowest BCUT2D eigenvalue weighted by molar-refractivity contribution is 0.262. The largest absolute Gasteiger partial charge is 0.325 e. The fourth-order valence-electron chi connectivity index (χ4n) is 1.22. The molecule has 0 atom stereocenters. The highest BCUT2D eigenvalue weighted by molar-refractivity contribution is 7.16. The van der Waals surface area contributed by atoms with Crippen LogP contribution in [-0.4, -0.2) is 11.0 Å². The van der Waals surface area contributed by atoms with Crippen molar-refractivity contribution < 1.29 is 13.6 Å². The Labute approximate surface area is 110 Å². The molecule has 96 valence electrons. The monoisotopic (exact) mass is 280 g/mol. The van der Waals surface area contributed by atoms with Gasteiger partial charge in [-0.15, -0.1) is 0 Å². The maximum absolute atomic E-state index is 12.9. The molecular formula is C11H6F2N4OS. The summed E-state index contributed by atoms with van der Waals surface area (Å²) in [6.45, 7) is 0. The zero-order valence-electron chi connectivity index (χ0n) is 9.28. The first-order valence-electron chi connectivity index (χ1n) is 4.97. The molecule has 0 unspecified atom stereocenters. The van der Waals surface area contributed by atoms with Crippen molar-refractivity contribution in [3.05, 3.63) is 40.9 Å². The van der Waals surface area contributed by atoms with E-state index in [1.807, 2.05) is 6.07 Å². The number of carbonyl (C=O) groups is 1. The van der Waals surface area contributed by atoms with Gasteiger partial charge in [-0.3, -0.25) is 5.32 Å². The van der Waals surface area contributed by atoms with Gasteiger partial charge in [0.25, 0.3) is 0 Å². The summed E-state index contributed by atoms with van der Waals surface area (Å²) in [5, 5.41) is 13.5. The molecule has 0 aliphatic carbocycles. The highest BCUT2D eigenvalue weighted by atomic mass is 32.1. The summed E-state index contributed by atoms with van der Waals surface area (Å²) in [7, 11) is 0. The summed E-state index contributed by atoms with van der Waals surface area (Å²) >= 11 is 0.999. The molecule has 2 rings (SSSR count). The molecule has 0 aliphatic heterocycles. The summed E-state index contributed by atoms with van der Waals surface area (Å²) in [4.78, 5) is 15.7. The van der Waals surface area contributed by atoms with Crippen LogP contribution >= 0.6 is 11.3 Å². The number of nitriles is 1. The van der Waals surface area contributed by atoms with E-state index in [0.29, 0.717) is 4.88 Å². The third kappa shape index (κ3) is 3.23. The van der Waals surface area contributed by atoms with E-state index < -0.39 is 17.7 Å². The SMILES string of the molecule is N#Cc1cnc(NC(=O)Nc2ccc(F)c(F)c2)s1. The van der Waals surface area contributed by atoms with E-state index in [2.05, 4.69) is 15.6 Å². The number of aromatic nitrogens is 1. The smallest absolute Gasteiger partial charge is 0.308 e. The Kier molecular flexibility index (Phi) is 3.68. The van der Waals surface area contributed by atoms with Gasteiger partial charge in [-0.25, -0.2) is 18.6 Å². The number of anilines is 2. The van der Waals surface area contributed by atoms with Gasteiger partial charge in [0, 0.05) is 11.8 Å². The van der Waals surface area contributed by atoms with Crippen LogP contribution in [0.2, 0.25) is 0 Å². The van der Waals surface area contributed by atoms with Crippen molar-refractivity contribution in [2.75, 3.05) is 10.6 Å². The summed E-state index contributed by atoms with van der Waals surface area (Å²) in [6, 6.07) is 4.20. The Bertz CT molecular complexity index is 665. The lowest BCUT2D eigenvalue weighted by Gasteiger charge is -2.05. The van der Waals surface area contributed by atoms with Gasteiger partial charge < -0.3 is 5.32 Å². The molecule has 0 radical (unpaired) electrons. The Morgan fingerprint density at radius 3 is 2.74 bits per heavy atom. The van der Waals surface area contributed by atoms with Crippen molar-refractivity contribution >= 4 is 28.2 Å². The average molecular weight is 280 g/mol. The molecule has 2 aromatic rings. The normalized spacial score (nSPS) is 9.74. The lowest BCUT2D eigenvalue weighted by Crippen LogP contribution is -2.19. The standard InChI is InChI=1S/C11H6F2N4OS/c12-8-2-1-6(3-9(8)13)16-10(18)17-11-15-5-7(4-14)19-11/h1-3,5H,(H2,15,16,17,18). The number of thiazole rings is 1. The molecule has 0 aliphatic rings. The topological polar surface area (TPSA) is 77.8 Å². The van der Waals surface area contributed by atoms with E-state index in [1.165, 1.54) is 12.3 Å². The Balaban J connectivity index is 2.01. The van der Waals surface area contributed by atoms with Crippen LogP contribution in [0.4, 0.5) is 24.4 Å². The van der Waals surface area contributed by atoms with Crippen LogP contribution in [0.1, 0.15) is 4.88 Å². The highest BCUT2D eigenvalue weighted by Crippen LogP contribution is 2.18. The second kappa shape index (κ2) is 5.41. The van der Waals surface area contributed by atoms with Crippen LogP contribution in [0.25, 0.3) is 0 Å². The van der Waals surface area contributed by atoms with Crippen LogP contribution in [-0.2, 0) is 0 Å². The second-order valence-electron chi connectivity index (χ2n) is 3.35. The van der Waals surface area contributed by atoms with Crippen molar-refractivity contribution in [2.24, 2.45) is 0 Å². The minimum atomic E-state index is -1.06. The first-order chi connectivity index (χ1) is 9.08. The van der Waals surface area contributed by atoms with E-state index in [1.54, 1.807) is 0 Å². The van der Waals surface area contributed by atoms with Gasteiger partial charge in [-0.05, 0) is 12.1 Å². The number of nitrogens with one attached hydrogen (secondary N) is 2. The minimum Gasteiger partial charge on any atom is -0.308 e. The van der Waals surface area contributed by atoms with E-state index >= 15 is 0 Å². The van der Waals surface area contributed by atoms with Gasteiger partial charge in [-0.1, -0.05) is 11.3 Å². The maximum atomic E-state index is 12.9. The number of nitrogens with zero attached hydrogens (tertiary/aromatic N) is 2. The number of hydrogen-bond donors (Lipinski definition) is 2. The molecule has 2 N–H and O–H groups in total. The molecule has 0 saturated heterocycles. The van der Waals surface area contributed by atoms with Gasteiger partial charge in [0.15, 0.2) is 16.8 Å². The van der Waals surface area contributed by atoms with Crippen LogP contribution in [0.3, 0.4) is 0 Å². The number of carbonyl (C=O) groups excluding carboxylic acids is 1. The molecule has 1 aromatic heterocycles. The summed E-state index contributed by atoms with van der Waals surface area (Å²) in [6.07, 6.45) is 1.32. The van der Waals surface area contributed by atoms with Gasteiger partial charge in [0.1, 0.15) is 10.9 Å². The first-order valence-corrected chi connectivity index (χ1v) is 5.79. The molecule has 0 bridgehead atoms. The average Bonchev–Trinajstić information content (AvgIpc) is 2.81. The number of hydrogen-bond acceptors (Lipinski definition) is 4. The first kappa shape index (κ1) is 12.9. The van der Waals surface area contributed by atoms with Crippen molar-refractivity contribution in [1.29, 1.82) is 5.26 Å². The molecule has 0 saturated carbocycles. The number of rotatable bonds is 2. The zero-order chi connectivity index (χ0) is 13.8. The van der Waals surface area contributed by atoms with Crippen LogP contribution in [0.5, 0.6) is 0 Å². The third-order valence-electron chi connectivity index (χ3n) is 2.01. The van der Waals surface area contributed by atoms with Crippen molar-refractivity contribution in [3.63, 3.8) is 0 Å². The summed E-state index contributed by atoms with van der Waals surface area (Å²) in [5.41, 5.74) is 0.105. The molecule has 8 heteroatoms. The molecule has 2 amide bonds. The maximum Gasteiger partial charge on any atom is 0.325 e. The fourth-order valence-corrected chi connectivity index (χ4v) is 1.83.